The first-order valence-corrected chi connectivity index (χ1v) is 11.9. The molecule has 1 aromatic rings. The van der Waals surface area contributed by atoms with E-state index in [0.29, 0.717) is 12.6 Å². The largest absolute Gasteiger partial charge is 0.375 e. The lowest BCUT2D eigenvalue weighted by Gasteiger charge is -2.32. The Hall–Kier alpha value is -1.88. The monoisotopic (exact) mass is 412 g/mol. The molecule has 1 N–H and O–H groups in total. The van der Waals surface area contributed by atoms with Gasteiger partial charge in [-0.15, -0.1) is 0 Å². The third-order valence-corrected chi connectivity index (χ3v) is 7.41. The van der Waals surface area contributed by atoms with Gasteiger partial charge in [0, 0.05) is 12.0 Å². The molecule has 4 rings (SSSR count). The van der Waals surface area contributed by atoms with Gasteiger partial charge in [0.05, 0.1) is 18.8 Å². The van der Waals surface area contributed by atoms with Crippen LogP contribution in [0, 0.1) is 5.92 Å². The molecule has 0 bridgehead atoms. The van der Waals surface area contributed by atoms with Crippen molar-refractivity contribution < 1.29 is 14.3 Å². The molecule has 1 aromatic carbocycles. The van der Waals surface area contributed by atoms with Crippen LogP contribution >= 0.6 is 0 Å². The van der Waals surface area contributed by atoms with Crippen LogP contribution in [0.15, 0.2) is 24.3 Å². The van der Waals surface area contributed by atoms with Gasteiger partial charge in [-0.05, 0) is 68.9 Å². The van der Waals surface area contributed by atoms with E-state index in [1.165, 1.54) is 11.1 Å². The summed E-state index contributed by atoms with van der Waals surface area (Å²) in [6.45, 7) is 4.68. The summed E-state index contributed by atoms with van der Waals surface area (Å²) >= 11 is 0. The Bertz CT molecular complexity index is 736. The summed E-state index contributed by atoms with van der Waals surface area (Å²) in [5.74, 6) is 0.142. The van der Waals surface area contributed by atoms with E-state index in [4.69, 9.17) is 4.74 Å². The maximum atomic E-state index is 13.4. The number of benzene rings is 1. The Morgan fingerprint density at radius 1 is 1.10 bits per heavy atom. The molecule has 30 heavy (non-hydrogen) atoms. The summed E-state index contributed by atoms with van der Waals surface area (Å²) in [5, 5.41) is 3.08. The minimum atomic E-state index is -0.376. The summed E-state index contributed by atoms with van der Waals surface area (Å²) < 4.78 is 6.32. The summed E-state index contributed by atoms with van der Waals surface area (Å²) in [6.07, 6.45) is 8.62. The molecule has 0 saturated carbocycles. The van der Waals surface area contributed by atoms with Gasteiger partial charge in [0.2, 0.25) is 11.8 Å². The highest BCUT2D eigenvalue weighted by atomic mass is 16.5. The van der Waals surface area contributed by atoms with Crippen LogP contribution in [0.25, 0.3) is 0 Å². The van der Waals surface area contributed by atoms with Crippen molar-refractivity contribution in [3.05, 3.63) is 35.4 Å². The second kappa shape index (κ2) is 9.51. The first kappa shape index (κ1) is 21.4. The van der Waals surface area contributed by atoms with E-state index >= 15 is 0 Å². The van der Waals surface area contributed by atoms with Crippen LogP contribution in [-0.2, 0) is 27.2 Å². The Labute approximate surface area is 180 Å². The number of nitrogens with one attached hydrogen (secondary N) is 1. The Kier molecular flexibility index (Phi) is 6.77. The van der Waals surface area contributed by atoms with Crippen molar-refractivity contribution in [2.45, 2.75) is 95.9 Å². The van der Waals surface area contributed by atoms with E-state index in [1.807, 2.05) is 13.8 Å². The van der Waals surface area contributed by atoms with E-state index in [0.717, 1.165) is 57.8 Å². The summed E-state index contributed by atoms with van der Waals surface area (Å²) in [6, 6.07) is 8.63. The third kappa shape index (κ3) is 4.41. The predicted octanol–water partition coefficient (Wildman–Crippen LogP) is 3.63. The summed E-state index contributed by atoms with van der Waals surface area (Å²) in [5.41, 5.74) is 2.78. The van der Waals surface area contributed by atoms with Crippen LogP contribution in [-0.4, -0.2) is 47.6 Å². The van der Waals surface area contributed by atoms with Gasteiger partial charge in [-0.3, -0.25) is 9.59 Å². The van der Waals surface area contributed by atoms with Crippen molar-refractivity contribution in [2.75, 3.05) is 6.61 Å². The Morgan fingerprint density at radius 3 is 2.47 bits per heavy atom. The van der Waals surface area contributed by atoms with Gasteiger partial charge in [-0.25, -0.2) is 0 Å². The minimum Gasteiger partial charge on any atom is -0.375 e. The molecular weight excluding hydrogens is 376 g/mol. The van der Waals surface area contributed by atoms with Crippen molar-refractivity contribution in [3.8, 4) is 0 Å². The standard InChI is InChI=1S/C25H36N2O3/c1-3-17(4-2)24(28)26-23-11-7-10-20-12-13-21(27(20)25(23)29)16-30-22-14-18-8-5-6-9-19(18)15-22/h5-6,8-9,17,20-23H,3-4,7,10-16H2,1-2H3,(H,26,28)/t20-,21-,23-/m0/s1. The van der Waals surface area contributed by atoms with Crippen LogP contribution in [0.1, 0.15) is 69.9 Å². The maximum absolute atomic E-state index is 13.4. The highest BCUT2D eigenvalue weighted by Crippen LogP contribution is 2.33. The van der Waals surface area contributed by atoms with Gasteiger partial charge in [-0.1, -0.05) is 38.1 Å². The van der Waals surface area contributed by atoms with Crippen molar-refractivity contribution >= 4 is 11.8 Å². The zero-order valence-electron chi connectivity index (χ0n) is 18.4. The second-order valence-corrected chi connectivity index (χ2v) is 9.27. The van der Waals surface area contributed by atoms with Crippen LogP contribution in [0.4, 0.5) is 0 Å². The molecule has 164 valence electrons. The lowest BCUT2D eigenvalue weighted by molar-refractivity contribution is -0.140. The van der Waals surface area contributed by atoms with E-state index in [9.17, 15) is 9.59 Å². The molecule has 0 unspecified atom stereocenters. The first-order valence-electron chi connectivity index (χ1n) is 11.9. The van der Waals surface area contributed by atoms with E-state index < -0.39 is 0 Å². The summed E-state index contributed by atoms with van der Waals surface area (Å²) in [7, 11) is 0. The molecule has 3 aliphatic rings. The fourth-order valence-corrected chi connectivity index (χ4v) is 5.60. The fraction of sp³-hybridized carbons (Fsp3) is 0.680. The smallest absolute Gasteiger partial charge is 0.245 e. The molecule has 0 aromatic heterocycles. The van der Waals surface area contributed by atoms with Crippen molar-refractivity contribution in [2.24, 2.45) is 5.92 Å². The van der Waals surface area contributed by atoms with Gasteiger partial charge in [0.15, 0.2) is 0 Å². The number of fused-ring (bicyclic) bond motifs is 2. The highest BCUT2D eigenvalue weighted by Gasteiger charge is 2.42. The SMILES string of the molecule is CCC(CC)C(=O)N[C@H]1CCC[C@H]2CC[C@@H](COC3Cc4ccccc4C3)N2C1=O. The minimum absolute atomic E-state index is 0.00134. The zero-order chi connectivity index (χ0) is 21.1. The van der Waals surface area contributed by atoms with E-state index in [-0.39, 0.29) is 35.9 Å². The Morgan fingerprint density at radius 2 is 1.80 bits per heavy atom. The van der Waals surface area contributed by atoms with Crippen LogP contribution in [0.2, 0.25) is 0 Å². The molecule has 2 heterocycles. The number of carbonyl (C=O) groups excluding carboxylic acids is 2. The lowest BCUT2D eigenvalue weighted by Crippen LogP contribution is -2.52. The average molecular weight is 413 g/mol. The predicted molar refractivity (Wildman–Crippen MR) is 117 cm³/mol. The molecule has 1 aliphatic carbocycles. The number of ether oxygens (including phenoxy) is 1. The third-order valence-electron chi connectivity index (χ3n) is 7.41. The topological polar surface area (TPSA) is 58.6 Å². The quantitative estimate of drug-likeness (QED) is 0.744. The maximum Gasteiger partial charge on any atom is 0.245 e. The molecule has 2 fully saturated rings. The number of rotatable bonds is 7. The van der Waals surface area contributed by atoms with Crippen molar-refractivity contribution in [1.29, 1.82) is 0 Å². The van der Waals surface area contributed by atoms with E-state index in [1.54, 1.807) is 0 Å². The Balaban J connectivity index is 1.36. The van der Waals surface area contributed by atoms with Gasteiger partial charge in [0.25, 0.3) is 0 Å². The molecular formula is C25H36N2O3. The van der Waals surface area contributed by atoms with Gasteiger partial charge in [0.1, 0.15) is 6.04 Å². The first-order chi connectivity index (χ1) is 14.6. The molecule has 2 amide bonds. The molecule has 5 heteroatoms. The molecule has 0 radical (unpaired) electrons. The number of hydrogen-bond acceptors (Lipinski definition) is 3. The molecule has 5 nitrogen and oxygen atoms in total. The molecule has 3 atom stereocenters. The normalized spacial score (nSPS) is 26.6. The van der Waals surface area contributed by atoms with Crippen LogP contribution in [0.3, 0.4) is 0 Å². The average Bonchev–Trinajstić information content (AvgIpc) is 3.31. The molecule has 2 saturated heterocycles. The highest BCUT2D eigenvalue weighted by molar-refractivity contribution is 5.89. The van der Waals surface area contributed by atoms with Gasteiger partial charge >= 0.3 is 0 Å². The lowest BCUT2D eigenvalue weighted by atomic mass is 10.0. The van der Waals surface area contributed by atoms with Crippen LogP contribution in [0.5, 0.6) is 0 Å². The number of nitrogens with zero attached hydrogens (tertiary/aromatic N) is 1. The van der Waals surface area contributed by atoms with Crippen LogP contribution < -0.4 is 5.32 Å². The van der Waals surface area contributed by atoms with E-state index in [2.05, 4.69) is 34.5 Å². The second-order valence-electron chi connectivity index (χ2n) is 9.27. The van der Waals surface area contributed by atoms with Gasteiger partial charge < -0.3 is 15.0 Å². The molecule has 0 spiro atoms. The van der Waals surface area contributed by atoms with Crippen molar-refractivity contribution in [3.63, 3.8) is 0 Å². The summed E-state index contributed by atoms with van der Waals surface area (Å²) in [4.78, 5) is 28.1. The van der Waals surface area contributed by atoms with Crippen molar-refractivity contribution in [1.82, 2.24) is 10.2 Å². The number of amides is 2. The number of carbonyl (C=O) groups is 2. The van der Waals surface area contributed by atoms with Gasteiger partial charge in [-0.2, -0.15) is 0 Å². The number of hydrogen-bond donors (Lipinski definition) is 1. The fourth-order valence-electron chi connectivity index (χ4n) is 5.60. The zero-order valence-corrected chi connectivity index (χ0v) is 18.4. The molecule has 2 aliphatic heterocycles.